The maximum Gasteiger partial charge on any atom is 0.293 e. The molecule has 0 unspecified atom stereocenters. The molecule has 4 heteroatoms. The molecule has 1 N–H and O–H groups in total. The highest BCUT2D eigenvalue weighted by atomic mass is 79.9. The van der Waals surface area contributed by atoms with Crippen LogP contribution >= 0.6 is 15.9 Å². The van der Waals surface area contributed by atoms with E-state index >= 15 is 0 Å². The van der Waals surface area contributed by atoms with Crippen molar-refractivity contribution < 1.29 is 9.53 Å². The number of nitrogens with one attached hydrogen (secondary N) is 1. The topological polar surface area (TPSA) is 38.3 Å². The van der Waals surface area contributed by atoms with Crippen molar-refractivity contribution in [1.82, 2.24) is 5.32 Å². The summed E-state index contributed by atoms with van der Waals surface area (Å²) in [4.78, 5) is 9.18. The summed E-state index contributed by atoms with van der Waals surface area (Å²) in [5.74, 6) is 0.991. The van der Waals surface area contributed by atoms with E-state index in [0.29, 0.717) is 13.1 Å². The molecule has 84 valence electrons. The summed E-state index contributed by atoms with van der Waals surface area (Å²) in [7, 11) is 0. The third-order valence-electron chi connectivity index (χ3n) is 2.21. The zero-order chi connectivity index (χ0) is 10.6. The zero-order valence-electron chi connectivity index (χ0n) is 8.80. The first-order chi connectivity index (χ1) is 6.85. The summed E-state index contributed by atoms with van der Waals surface area (Å²) < 4.78 is 4.15. The Kier molecular flexibility index (Phi) is 10.9. The number of hydrogen-bond donors (Lipinski definition) is 1. The number of ether oxygens (including phenoxy) is 1. The van der Waals surface area contributed by atoms with E-state index in [0.717, 1.165) is 5.92 Å². The molecule has 14 heavy (non-hydrogen) atoms. The Balaban J connectivity index is 0.000000292. The highest BCUT2D eigenvalue weighted by Crippen LogP contribution is 2.16. The van der Waals surface area contributed by atoms with Gasteiger partial charge in [-0.2, -0.15) is 0 Å². The average molecular weight is 266 g/mol. The van der Waals surface area contributed by atoms with Crippen LogP contribution in [0.1, 0.15) is 26.2 Å². The zero-order valence-corrected chi connectivity index (χ0v) is 10.4. The number of carbonyl (C=O) groups is 1. The molecule has 1 rings (SSSR count). The lowest BCUT2D eigenvalue weighted by Crippen LogP contribution is -2.27. The minimum Gasteiger partial charge on any atom is -0.468 e. The first-order valence-electron chi connectivity index (χ1n) is 5.17. The Hall–Kier alpha value is -0.0900. The molecular weight excluding hydrogens is 246 g/mol. The molecule has 0 spiro atoms. The molecule has 1 aliphatic heterocycles. The van der Waals surface area contributed by atoms with E-state index in [1.165, 1.54) is 37.7 Å². The van der Waals surface area contributed by atoms with Crippen LogP contribution in [0, 0.1) is 5.92 Å². The van der Waals surface area contributed by atoms with Crippen LogP contribution in [-0.4, -0.2) is 31.5 Å². The monoisotopic (exact) mass is 265 g/mol. The molecule has 1 aliphatic rings. The largest absolute Gasteiger partial charge is 0.468 e. The van der Waals surface area contributed by atoms with Gasteiger partial charge in [0.2, 0.25) is 0 Å². The average Bonchev–Trinajstić information content (AvgIpc) is 2.22. The number of halogens is 1. The van der Waals surface area contributed by atoms with Crippen molar-refractivity contribution in [2.24, 2.45) is 5.92 Å². The fraction of sp³-hybridized carbons (Fsp3) is 0.900. The highest BCUT2D eigenvalue weighted by Gasteiger charge is 2.10. The summed E-state index contributed by atoms with van der Waals surface area (Å²) >= 11 is 3.46. The van der Waals surface area contributed by atoms with Crippen LogP contribution in [0.25, 0.3) is 0 Å². The minimum atomic E-state index is 0.431. The van der Waals surface area contributed by atoms with Crippen molar-refractivity contribution in [3.8, 4) is 0 Å². The first kappa shape index (κ1) is 13.9. The standard InChI is InChI=1S/C7H14BrN.C3H6O2/c8-4-1-7-2-5-9-6-3-7;1-2-5-3-4/h7,9H,1-6H2;3H,2H2,1H3. The Morgan fingerprint density at radius 2 is 2.14 bits per heavy atom. The van der Waals surface area contributed by atoms with Gasteiger partial charge < -0.3 is 10.1 Å². The van der Waals surface area contributed by atoms with Crippen molar-refractivity contribution in [2.75, 3.05) is 25.0 Å². The van der Waals surface area contributed by atoms with Crippen molar-refractivity contribution in [3.63, 3.8) is 0 Å². The summed E-state index contributed by atoms with van der Waals surface area (Å²) in [6.45, 7) is 5.13. The fourth-order valence-electron chi connectivity index (χ4n) is 1.39. The molecule has 1 fully saturated rings. The van der Waals surface area contributed by atoms with Gasteiger partial charge in [0.25, 0.3) is 6.47 Å². The van der Waals surface area contributed by atoms with Crippen molar-refractivity contribution >= 4 is 22.4 Å². The predicted octanol–water partition coefficient (Wildman–Crippen LogP) is 1.95. The maximum atomic E-state index is 9.18. The number of alkyl halides is 1. The van der Waals surface area contributed by atoms with Gasteiger partial charge in [-0.15, -0.1) is 0 Å². The minimum absolute atomic E-state index is 0.431. The number of carbonyl (C=O) groups excluding carboxylic acids is 1. The van der Waals surface area contributed by atoms with E-state index in [4.69, 9.17) is 0 Å². The van der Waals surface area contributed by atoms with Gasteiger partial charge in [-0.05, 0) is 45.2 Å². The van der Waals surface area contributed by atoms with Crippen LogP contribution < -0.4 is 5.32 Å². The van der Waals surface area contributed by atoms with Gasteiger partial charge in [0, 0.05) is 5.33 Å². The molecule has 0 bridgehead atoms. The van der Waals surface area contributed by atoms with E-state index in [1.54, 1.807) is 6.92 Å². The Morgan fingerprint density at radius 3 is 2.50 bits per heavy atom. The SMILES string of the molecule is BrCCC1CCNCC1.CCOC=O. The summed E-state index contributed by atoms with van der Waals surface area (Å²) in [5.41, 5.74) is 0. The lowest BCUT2D eigenvalue weighted by Gasteiger charge is -2.21. The van der Waals surface area contributed by atoms with E-state index in [1.807, 2.05) is 0 Å². The van der Waals surface area contributed by atoms with E-state index in [2.05, 4.69) is 26.0 Å². The summed E-state index contributed by atoms with van der Waals surface area (Å²) in [6, 6.07) is 0. The second-order valence-corrected chi connectivity index (χ2v) is 4.02. The van der Waals surface area contributed by atoms with Gasteiger partial charge in [-0.25, -0.2) is 0 Å². The Bertz CT molecular complexity index is 125. The van der Waals surface area contributed by atoms with E-state index < -0.39 is 0 Å². The van der Waals surface area contributed by atoms with Gasteiger partial charge in [0.15, 0.2) is 0 Å². The molecule has 1 heterocycles. The molecule has 0 saturated carbocycles. The summed E-state index contributed by atoms with van der Waals surface area (Å²) in [6.07, 6.45) is 4.12. The molecule has 0 aromatic carbocycles. The molecule has 1 saturated heterocycles. The number of hydrogen-bond acceptors (Lipinski definition) is 3. The Morgan fingerprint density at radius 1 is 1.50 bits per heavy atom. The van der Waals surface area contributed by atoms with Gasteiger partial charge >= 0.3 is 0 Å². The third-order valence-corrected chi connectivity index (χ3v) is 2.67. The fourth-order valence-corrected chi connectivity index (χ4v) is 2.04. The molecule has 3 nitrogen and oxygen atoms in total. The van der Waals surface area contributed by atoms with Crippen LogP contribution in [0.3, 0.4) is 0 Å². The van der Waals surface area contributed by atoms with E-state index in [9.17, 15) is 4.79 Å². The molecule has 0 aromatic heterocycles. The van der Waals surface area contributed by atoms with Crippen LogP contribution in [0.4, 0.5) is 0 Å². The molecule has 0 amide bonds. The van der Waals surface area contributed by atoms with Gasteiger partial charge in [-0.1, -0.05) is 15.9 Å². The molecule has 0 atom stereocenters. The maximum absolute atomic E-state index is 9.18. The van der Waals surface area contributed by atoms with Gasteiger partial charge in [-0.3, -0.25) is 4.79 Å². The van der Waals surface area contributed by atoms with Gasteiger partial charge in [0.1, 0.15) is 0 Å². The highest BCUT2D eigenvalue weighted by molar-refractivity contribution is 9.09. The summed E-state index contributed by atoms with van der Waals surface area (Å²) in [5, 5.41) is 4.54. The third kappa shape index (κ3) is 8.51. The predicted molar refractivity (Wildman–Crippen MR) is 61.7 cm³/mol. The lowest BCUT2D eigenvalue weighted by atomic mass is 9.96. The van der Waals surface area contributed by atoms with Crippen LogP contribution in [-0.2, 0) is 9.53 Å². The second kappa shape index (κ2) is 11.0. The van der Waals surface area contributed by atoms with Crippen LogP contribution in [0.5, 0.6) is 0 Å². The van der Waals surface area contributed by atoms with Crippen LogP contribution in [0.2, 0.25) is 0 Å². The molecular formula is C10H20BrNO2. The van der Waals surface area contributed by atoms with Gasteiger partial charge in [0.05, 0.1) is 6.61 Å². The Labute approximate surface area is 94.7 Å². The lowest BCUT2D eigenvalue weighted by molar-refractivity contribution is -0.128. The van der Waals surface area contributed by atoms with E-state index in [-0.39, 0.29) is 0 Å². The van der Waals surface area contributed by atoms with Crippen molar-refractivity contribution in [3.05, 3.63) is 0 Å². The quantitative estimate of drug-likeness (QED) is 0.624. The first-order valence-corrected chi connectivity index (χ1v) is 6.29. The molecule has 0 aliphatic carbocycles. The number of rotatable bonds is 4. The van der Waals surface area contributed by atoms with Crippen molar-refractivity contribution in [1.29, 1.82) is 0 Å². The van der Waals surface area contributed by atoms with Crippen molar-refractivity contribution in [2.45, 2.75) is 26.2 Å². The smallest absolute Gasteiger partial charge is 0.293 e. The number of piperidine rings is 1. The molecule has 0 aromatic rings. The second-order valence-electron chi connectivity index (χ2n) is 3.22. The van der Waals surface area contributed by atoms with Crippen LogP contribution in [0.15, 0.2) is 0 Å². The normalized spacial score (nSPS) is 16.7. The molecule has 0 radical (unpaired) electrons.